The van der Waals surface area contributed by atoms with E-state index in [9.17, 15) is 9.59 Å². The topological polar surface area (TPSA) is 72.9 Å². The Labute approximate surface area is 189 Å². The molecule has 2 aliphatic heterocycles. The molecule has 8 nitrogen and oxygen atoms in total. The minimum absolute atomic E-state index is 0.159. The summed E-state index contributed by atoms with van der Waals surface area (Å²) in [5, 5.41) is 0. The number of aromatic nitrogens is 2. The third kappa shape index (κ3) is 5.24. The number of aryl methyl sites for hydroxylation is 1. The van der Waals surface area contributed by atoms with Crippen LogP contribution in [0.5, 0.6) is 0 Å². The van der Waals surface area contributed by atoms with Gasteiger partial charge in [0.2, 0.25) is 17.8 Å². The van der Waals surface area contributed by atoms with Crippen molar-refractivity contribution in [2.45, 2.75) is 26.3 Å². The molecule has 32 heavy (non-hydrogen) atoms. The quantitative estimate of drug-likeness (QED) is 0.702. The minimum atomic E-state index is -0.177. The number of benzene rings is 1. The number of hydrogen-bond donors (Lipinski definition) is 0. The van der Waals surface area contributed by atoms with Crippen molar-refractivity contribution in [2.24, 2.45) is 0 Å². The number of anilines is 1. The zero-order valence-corrected chi connectivity index (χ0v) is 19.0. The van der Waals surface area contributed by atoms with Crippen molar-refractivity contribution in [3.8, 4) is 0 Å². The second-order valence-corrected chi connectivity index (χ2v) is 8.62. The Morgan fingerprint density at radius 3 is 2.09 bits per heavy atom. The van der Waals surface area contributed by atoms with Gasteiger partial charge in [-0.2, -0.15) is 0 Å². The van der Waals surface area contributed by atoms with Gasteiger partial charge < -0.3 is 14.7 Å². The molecule has 1 aromatic carbocycles. The molecule has 8 heteroatoms. The van der Waals surface area contributed by atoms with Gasteiger partial charge in [0.1, 0.15) is 0 Å². The second-order valence-electron chi connectivity index (χ2n) is 8.62. The summed E-state index contributed by atoms with van der Waals surface area (Å²) in [4.78, 5) is 42.5. The largest absolute Gasteiger partial charge is 0.340 e. The molecular formula is C24H32N6O2. The monoisotopic (exact) mass is 436 g/mol. The van der Waals surface area contributed by atoms with Crippen LogP contribution < -0.4 is 4.90 Å². The van der Waals surface area contributed by atoms with Gasteiger partial charge in [-0.3, -0.25) is 14.5 Å². The van der Waals surface area contributed by atoms with Crippen LogP contribution in [0.1, 0.15) is 18.1 Å². The lowest BCUT2D eigenvalue weighted by Gasteiger charge is -2.41. The average molecular weight is 437 g/mol. The average Bonchev–Trinajstić information content (AvgIpc) is 2.85. The molecule has 0 bridgehead atoms. The van der Waals surface area contributed by atoms with E-state index in [0.717, 1.165) is 37.7 Å². The number of piperazine rings is 2. The lowest BCUT2D eigenvalue weighted by atomic mass is 10.1. The van der Waals surface area contributed by atoms with Gasteiger partial charge in [-0.05, 0) is 25.5 Å². The second kappa shape index (κ2) is 10.1. The molecule has 2 aliphatic rings. The lowest BCUT2D eigenvalue weighted by Crippen LogP contribution is -2.58. The number of amides is 2. The number of carbonyl (C=O) groups excluding carboxylic acids is 2. The fourth-order valence-electron chi connectivity index (χ4n) is 4.35. The van der Waals surface area contributed by atoms with Crippen molar-refractivity contribution in [3.63, 3.8) is 0 Å². The molecule has 1 unspecified atom stereocenters. The van der Waals surface area contributed by atoms with Crippen molar-refractivity contribution < 1.29 is 9.59 Å². The Balaban J connectivity index is 1.23. The summed E-state index contributed by atoms with van der Waals surface area (Å²) in [6, 6.07) is 9.76. The molecule has 2 saturated heterocycles. The van der Waals surface area contributed by atoms with Gasteiger partial charge in [-0.25, -0.2) is 9.97 Å². The maximum atomic E-state index is 13.1. The van der Waals surface area contributed by atoms with Crippen LogP contribution in [0.15, 0.2) is 42.7 Å². The van der Waals surface area contributed by atoms with Crippen molar-refractivity contribution in [3.05, 3.63) is 53.9 Å². The van der Waals surface area contributed by atoms with Gasteiger partial charge in [0.15, 0.2) is 0 Å². The standard InChI is InChI=1S/C24H32N6O2/c1-19-4-6-21(7-5-19)18-22(31)28-12-10-27(11-13-28)20(2)23(32)29-14-16-30(17-15-29)24-25-8-3-9-26-24/h3-9,20H,10-18H2,1-2H3. The van der Waals surface area contributed by atoms with Gasteiger partial charge in [-0.1, -0.05) is 29.8 Å². The van der Waals surface area contributed by atoms with E-state index in [1.54, 1.807) is 18.5 Å². The highest BCUT2D eigenvalue weighted by atomic mass is 16.2. The summed E-state index contributed by atoms with van der Waals surface area (Å²) < 4.78 is 0. The highest BCUT2D eigenvalue weighted by Crippen LogP contribution is 2.15. The van der Waals surface area contributed by atoms with Crippen LogP contribution in [-0.2, 0) is 16.0 Å². The Hall–Kier alpha value is -3.00. The van der Waals surface area contributed by atoms with E-state index in [1.165, 1.54) is 5.56 Å². The van der Waals surface area contributed by atoms with E-state index in [2.05, 4.69) is 19.8 Å². The Bertz CT molecular complexity index is 904. The first kappa shape index (κ1) is 22.2. The van der Waals surface area contributed by atoms with Crippen LogP contribution >= 0.6 is 0 Å². The van der Waals surface area contributed by atoms with E-state index < -0.39 is 0 Å². The predicted octanol–water partition coefficient (Wildman–Crippen LogP) is 1.21. The summed E-state index contributed by atoms with van der Waals surface area (Å²) in [5.74, 6) is 1.05. The van der Waals surface area contributed by atoms with E-state index in [0.29, 0.717) is 32.6 Å². The SMILES string of the molecule is Cc1ccc(CC(=O)N2CCN(C(C)C(=O)N3CCN(c4ncccn4)CC3)CC2)cc1. The van der Waals surface area contributed by atoms with E-state index >= 15 is 0 Å². The van der Waals surface area contributed by atoms with Gasteiger partial charge in [0, 0.05) is 64.8 Å². The number of rotatable bonds is 5. The Morgan fingerprint density at radius 1 is 0.875 bits per heavy atom. The molecule has 0 saturated carbocycles. The predicted molar refractivity (Wildman–Crippen MR) is 123 cm³/mol. The van der Waals surface area contributed by atoms with Gasteiger partial charge in [0.05, 0.1) is 12.5 Å². The maximum Gasteiger partial charge on any atom is 0.239 e. The molecule has 2 fully saturated rings. The zero-order valence-electron chi connectivity index (χ0n) is 19.0. The fraction of sp³-hybridized carbons (Fsp3) is 0.500. The lowest BCUT2D eigenvalue weighted by molar-refractivity contribution is -0.138. The summed E-state index contributed by atoms with van der Waals surface area (Å²) in [7, 11) is 0. The molecule has 4 rings (SSSR count). The third-order valence-electron chi connectivity index (χ3n) is 6.47. The molecule has 2 aromatic rings. The summed E-state index contributed by atoms with van der Waals surface area (Å²) in [6.07, 6.45) is 3.92. The number of carbonyl (C=O) groups is 2. The highest BCUT2D eigenvalue weighted by molar-refractivity contribution is 5.82. The molecule has 0 spiro atoms. The zero-order chi connectivity index (χ0) is 22.5. The number of hydrogen-bond acceptors (Lipinski definition) is 6. The molecule has 0 N–H and O–H groups in total. The summed E-state index contributed by atoms with van der Waals surface area (Å²) in [5.41, 5.74) is 2.25. The molecule has 170 valence electrons. The van der Waals surface area contributed by atoms with E-state index in [1.807, 2.05) is 47.9 Å². The van der Waals surface area contributed by atoms with E-state index in [4.69, 9.17) is 0 Å². The van der Waals surface area contributed by atoms with Crippen LogP contribution in [0, 0.1) is 6.92 Å². The van der Waals surface area contributed by atoms with Crippen molar-refractivity contribution in [1.29, 1.82) is 0 Å². The summed E-state index contributed by atoms with van der Waals surface area (Å²) in [6.45, 7) is 9.65. The van der Waals surface area contributed by atoms with Crippen molar-refractivity contribution in [1.82, 2.24) is 24.7 Å². The van der Waals surface area contributed by atoms with E-state index in [-0.39, 0.29) is 17.9 Å². The highest BCUT2D eigenvalue weighted by Gasteiger charge is 2.31. The molecule has 2 amide bonds. The van der Waals surface area contributed by atoms with Gasteiger partial charge >= 0.3 is 0 Å². The normalized spacial score (nSPS) is 18.5. The van der Waals surface area contributed by atoms with Crippen LogP contribution in [0.25, 0.3) is 0 Å². The van der Waals surface area contributed by atoms with Crippen LogP contribution in [0.2, 0.25) is 0 Å². The Morgan fingerprint density at radius 2 is 1.47 bits per heavy atom. The van der Waals surface area contributed by atoms with Crippen molar-refractivity contribution in [2.75, 3.05) is 57.3 Å². The van der Waals surface area contributed by atoms with Gasteiger partial charge in [-0.15, -0.1) is 0 Å². The van der Waals surface area contributed by atoms with Gasteiger partial charge in [0.25, 0.3) is 0 Å². The molecule has 0 radical (unpaired) electrons. The van der Waals surface area contributed by atoms with Crippen molar-refractivity contribution >= 4 is 17.8 Å². The molecule has 1 aromatic heterocycles. The minimum Gasteiger partial charge on any atom is -0.340 e. The first-order valence-electron chi connectivity index (χ1n) is 11.4. The Kier molecular flexibility index (Phi) is 6.99. The first-order valence-corrected chi connectivity index (χ1v) is 11.4. The molecule has 1 atom stereocenters. The molecule has 3 heterocycles. The van der Waals surface area contributed by atoms with Crippen LogP contribution in [0.3, 0.4) is 0 Å². The maximum absolute atomic E-state index is 13.1. The number of nitrogens with zero attached hydrogens (tertiary/aromatic N) is 6. The van der Waals surface area contributed by atoms with Crippen LogP contribution in [-0.4, -0.2) is 94.9 Å². The first-order chi connectivity index (χ1) is 15.5. The summed E-state index contributed by atoms with van der Waals surface area (Å²) >= 11 is 0. The fourth-order valence-corrected chi connectivity index (χ4v) is 4.35. The molecular weight excluding hydrogens is 404 g/mol. The smallest absolute Gasteiger partial charge is 0.239 e. The molecule has 0 aliphatic carbocycles. The third-order valence-corrected chi connectivity index (χ3v) is 6.47. The van der Waals surface area contributed by atoms with Crippen LogP contribution in [0.4, 0.5) is 5.95 Å².